The summed E-state index contributed by atoms with van der Waals surface area (Å²) in [7, 11) is 0. The predicted molar refractivity (Wildman–Crippen MR) is 200 cm³/mol. The Balaban J connectivity index is 4.23. The summed E-state index contributed by atoms with van der Waals surface area (Å²) in [4.78, 5) is 40.1. The zero-order valence-corrected chi connectivity index (χ0v) is 31.0. The van der Waals surface area contributed by atoms with Crippen molar-refractivity contribution in [3.8, 4) is 0 Å². The molecule has 0 aliphatic rings. The minimum absolute atomic E-state index is 0.0119. The molecule has 0 rings (SSSR count). The number of ketones is 1. The molecule has 0 radical (unpaired) electrons. The number of nitrogens with one attached hydrogen (secondary N) is 1. The molecule has 0 heterocycles. The third-order valence-electron chi connectivity index (χ3n) is 9.30. The van der Waals surface area contributed by atoms with Crippen LogP contribution in [0.5, 0.6) is 0 Å². The maximum Gasteiger partial charge on any atom is 0.259 e. The second-order valence-corrected chi connectivity index (χ2v) is 14.0. The van der Waals surface area contributed by atoms with Crippen molar-refractivity contribution in [3.05, 3.63) is 10.1 Å². The lowest BCUT2D eigenvalue weighted by molar-refractivity contribution is -0.463. The lowest BCUT2D eigenvalue weighted by atomic mass is 9.93. The summed E-state index contributed by atoms with van der Waals surface area (Å²) in [5.41, 5.74) is 5.59. The molecular weight excluding hydrogens is 588 g/mol. The van der Waals surface area contributed by atoms with Crippen LogP contribution in [0.1, 0.15) is 206 Å². The molecular formula is C39H76N4O4. The molecule has 0 saturated heterocycles. The van der Waals surface area contributed by atoms with Gasteiger partial charge in [-0.25, -0.2) is 0 Å². The van der Waals surface area contributed by atoms with Crippen LogP contribution in [-0.2, 0) is 9.59 Å². The zero-order chi connectivity index (χ0) is 34.6. The van der Waals surface area contributed by atoms with E-state index in [-0.39, 0.29) is 23.4 Å². The van der Waals surface area contributed by atoms with E-state index in [4.69, 9.17) is 5.73 Å². The van der Waals surface area contributed by atoms with Gasteiger partial charge in [0.05, 0.1) is 0 Å². The fraction of sp³-hybridized carbons (Fsp3) is 0.923. The van der Waals surface area contributed by atoms with Crippen LogP contribution >= 0.6 is 0 Å². The Labute approximate surface area is 289 Å². The number of nitrogens with two attached hydrogens (primary N) is 1. The van der Waals surface area contributed by atoms with Gasteiger partial charge in [-0.2, -0.15) is 0 Å². The highest BCUT2D eigenvalue weighted by atomic mass is 16.6. The first-order chi connectivity index (χ1) is 22.9. The Hall–Kier alpha value is -1.99. The highest BCUT2D eigenvalue weighted by Gasteiger charge is 2.21. The molecule has 1 amide bonds. The maximum absolute atomic E-state index is 13.1. The van der Waals surface area contributed by atoms with E-state index in [0.717, 1.165) is 32.1 Å². The second-order valence-electron chi connectivity index (χ2n) is 14.0. The van der Waals surface area contributed by atoms with Crippen molar-refractivity contribution < 1.29 is 14.5 Å². The Morgan fingerprint density at radius 2 is 1.06 bits per heavy atom. The first kappa shape index (κ1) is 45.0. The van der Waals surface area contributed by atoms with Crippen molar-refractivity contribution in [2.45, 2.75) is 206 Å². The van der Waals surface area contributed by atoms with Crippen molar-refractivity contribution in [1.29, 1.82) is 0 Å². The van der Waals surface area contributed by atoms with Gasteiger partial charge in [0, 0.05) is 36.8 Å². The highest BCUT2D eigenvalue weighted by molar-refractivity contribution is 5.86. The van der Waals surface area contributed by atoms with Crippen LogP contribution in [0, 0.1) is 16.0 Å². The fourth-order valence-corrected chi connectivity index (χ4v) is 6.27. The number of carbonyl (C=O) groups is 2. The number of Topliss-reactive ketones (excluding diaryl/α,β-unsaturated/α-hetero) is 1. The van der Waals surface area contributed by atoms with E-state index >= 15 is 0 Å². The molecule has 0 aliphatic carbocycles. The van der Waals surface area contributed by atoms with Gasteiger partial charge in [0.25, 0.3) is 6.54 Å². The summed E-state index contributed by atoms with van der Waals surface area (Å²) >= 11 is 0. The van der Waals surface area contributed by atoms with Crippen molar-refractivity contribution in [1.82, 2.24) is 5.32 Å². The fourth-order valence-electron chi connectivity index (χ4n) is 6.27. The first-order valence-electron chi connectivity index (χ1n) is 20.1. The molecule has 0 unspecified atom stereocenters. The molecule has 8 nitrogen and oxygen atoms in total. The molecule has 0 aromatic heterocycles. The Kier molecular flexibility index (Phi) is 33.8. The number of nitrogens with zero attached hydrogens (tertiary/aromatic N) is 2. The van der Waals surface area contributed by atoms with Gasteiger partial charge in [-0.1, -0.05) is 168 Å². The Bertz CT molecular complexity index is 774. The molecule has 0 aromatic rings. The quantitative estimate of drug-likeness (QED) is 0.0224. The van der Waals surface area contributed by atoms with E-state index in [0.29, 0.717) is 38.8 Å². The maximum atomic E-state index is 13.1. The third-order valence-corrected chi connectivity index (χ3v) is 9.30. The number of rotatable bonds is 37. The summed E-state index contributed by atoms with van der Waals surface area (Å²) in [5.74, 6) is -0.115. The Morgan fingerprint density at radius 3 is 1.51 bits per heavy atom. The summed E-state index contributed by atoms with van der Waals surface area (Å²) < 4.78 is 0. The van der Waals surface area contributed by atoms with Crippen LogP contribution in [0.2, 0.25) is 0 Å². The van der Waals surface area contributed by atoms with Crippen LogP contribution < -0.4 is 11.1 Å². The van der Waals surface area contributed by atoms with E-state index in [1.54, 1.807) is 0 Å². The van der Waals surface area contributed by atoms with E-state index in [1.165, 1.54) is 135 Å². The molecule has 0 aliphatic heterocycles. The largest absolute Gasteiger partial charge is 0.382 e. The van der Waals surface area contributed by atoms with Gasteiger partial charge in [-0.3, -0.25) is 24.7 Å². The number of carbonyl (C=O) groups excluding carboxylic acids is 2. The molecule has 47 heavy (non-hydrogen) atoms. The standard InChI is InChI=1S/C39H76N4O4/c1-3-5-7-9-11-13-15-16-17-18-19-20-22-24-26-31-37(44)34-36(30-27-29-32-41-38(40)35-43(46)47)39(45)42-33-28-25-23-21-14-12-10-8-6-4-2/h36H,3-35H2,1-2H3,(H2,40,41)(H,42,45)/t36-/m1/s1. The van der Waals surface area contributed by atoms with Gasteiger partial charge in [0.1, 0.15) is 5.78 Å². The lowest BCUT2D eigenvalue weighted by Gasteiger charge is -2.16. The van der Waals surface area contributed by atoms with E-state index < -0.39 is 11.5 Å². The molecule has 0 spiro atoms. The number of hydrogen-bond acceptors (Lipinski definition) is 5. The van der Waals surface area contributed by atoms with Crippen molar-refractivity contribution in [2.24, 2.45) is 16.6 Å². The van der Waals surface area contributed by atoms with E-state index in [9.17, 15) is 19.7 Å². The molecule has 3 N–H and O–H groups in total. The third kappa shape index (κ3) is 33.7. The number of nitro groups is 1. The van der Waals surface area contributed by atoms with E-state index in [2.05, 4.69) is 24.2 Å². The van der Waals surface area contributed by atoms with Crippen LogP contribution in [0.25, 0.3) is 0 Å². The highest BCUT2D eigenvalue weighted by Crippen LogP contribution is 2.18. The molecule has 0 fully saturated rings. The minimum Gasteiger partial charge on any atom is -0.382 e. The van der Waals surface area contributed by atoms with Gasteiger partial charge in [-0.15, -0.1) is 0 Å². The minimum atomic E-state index is -0.488. The smallest absolute Gasteiger partial charge is 0.259 e. The molecule has 276 valence electrons. The molecule has 0 bridgehead atoms. The van der Waals surface area contributed by atoms with Crippen molar-refractivity contribution in [3.63, 3.8) is 0 Å². The van der Waals surface area contributed by atoms with Crippen LogP contribution in [0.3, 0.4) is 0 Å². The SMILES string of the molecule is CCCCCCCCCCCCCCCCCC(=O)C[C@@H](CCCCN=C(N)C[N+](=O)[O-])C(=O)NCCCCCCCCCCCC. The number of unbranched alkanes of at least 4 members (excludes halogenated alkanes) is 24. The molecule has 8 heteroatoms. The predicted octanol–water partition coefficient (Wildman–Crippen LogP) is 10.7. The van der Waals surface area contributed by atoms with Gasteiger partial charge >= 0.3 is 0 Å². The number of amides is 1. The van der Waals surface area contributed by atoms with Crippen molar-refractivity contribution in [2.75, 3.05) is 19.6 Å². The number of hydrogen-bond donors (Lipinski definition) is 2. The summed E-state index contributed by atoms with van der Waals surface area (Å²) in [6.07, 6.45) is 35.0. The average Bonchev–Trinajstić information content (AvgIpc) is 3.04. The van der Waals surface area contributed by atoms with Gasteiger partial charge in [0.15, 0.2) is 5.84 Å². The van der Waals surface area contributed by atoms with Crippen LogP contribution in [0.15, 0.2) is 4.99 Å². The van der Waals surface area contributed by atoms with Crippen LogP contribution in [-0.4, -0.2) is 42.1 Å². The normalized spacial score (nSPS) is 12.3. The monoisotopic (exact) mass is 665 g/mol. The number of amidine groups is 1. The summed E-state index contributed by atoms with van der Waals surface area (Å²) in [5, 5.41) is 13.7. The van der Waals surface area contributed by atoms with Crippen molar-refractivity contribution >= 4 is 17.5 Å². The van der Waals surface area contributed by atoms with Crippen LogP contribution in [0.4, 0.5) is 0 Å². The topological polar surface area (TPSA) is 128 Å². The first-order valence-corrected chi connectivity index (χ1v) is 20.1. The van der Waals surface area contributed by atoms with Gasteiger partial charge in [0.2, 0.25) is 5.91 Å². The molecule has 0 aromatic carbocycles. The van der Waals surface area contributed by atoms with Gasteiger partial charge < -0.3 is 11.1 Å². The average molecular weight is 665 g/mol. The van der Waals surface area contributed by atoms with E-state index in [1.807, 2.05) is 0 Å². The lowest BCUT2D eigenvalue weighted by Crippen LogP contribution is -2.33. The molecule has 1 atom stereocenters. The van der Waals surface area contributed by atoms with Gasteiger partial charge in [-0.05, 0) is 25.7 Å². The summed E-state index contributed by atoms with van der Waals surface area (Å²) in [6.45, 7) is 5.14. The number of aliphatic imine (C=N–C) groups is 1. The Morgan fingerprint density at radius 1 is 0.638 bits per heavy atom. The molecule has 0 saturated carbocycles. The summed E-state index contributed by atoms with van der Waals surface area (Å²) in [6, 6.07) is 0. The zero-order valence-electron chi connectivity index (χ0n) is 31.0. The second kappa shape index (κ2) is 35.3.